The summed E-state index contributed by atoms with van der Waals surface area (Å²) < 4.78 is 11.4. The number of ether oxygens (including phenoxy) is 2. The zero-order valence-corrected chi connectivity index (χ0v) is 16.1. The molecule has 28 heavy (non-hydrogen) atoms. The molecule has 3 aromatic rings. The van der Waals surface area contributed by atoms with E-state index in [0.29, 0.717) is 30.2 Å². The first-order valence-corrected chi connectivity index (χ1v) is 9.56. The largest absolute Gasteiger partial charge is 0.493 e. The van der Waals surface area contributed by atoms with Gasteiger partial charge in [-0.2, -0.15) is 0 Å². The lowest BCUT2D eigenvalue weighted by Gasteiger charge is -2.12. The zero-order chi connectivity index (χ0) is 19.6. The number of hydrogen-bond acceptors (Lipinski definition) is 3. The van der Waals surface area contributed by atoms with E-state index < -0.39 is 0 Å². The minimum absolute atomic E-state index is 0.190. The number of hydrogen-bond donors (Lipinski definition) is 1. The van der Waals surface area contributed by atoms with E-state index in [1.54, 1.807) is 6.07 Å². The second kappa shape index (κ2) is 10.2. The van der Waals surface area contributed by atoms with Crippen LogP contribution >= 0.6 is 0 Å². The first-order chi connectivity index (χ1) is 13.8. The molecule has 1 amide bonds. The fourth-order valence-corrected chi connectivity index (χ4v) is 2.76. The molecule has 0 radical (unpaired) electrons. The fraction of sp³-hybridized carbons (Fsp3) is 0.208. The Kier molecular flexibility index (Phi) is 7.08. The molecule has 1 N–H and O–H groups in total. The van der Waals surface area contributed by atoms with E-state index in [-0.39, 0.29) is 5.91 Å². The van der Waals surface area contributed by atoms with Gasteiger partial charge in [0.15, 0.2) is 0 Å². The lowest BCUT2D eigenvalue weighted by molar-refractivity contribution is 0.102. The summed E-state index contributed by atoms with van der Waals surface area (Å²) in [6.45, 7) is 3.23. The highest BCUT2D eigenvalue weighted by molar-refractivity contribution is 6.06. The first kappa shape index (κ1) is 19.5. The van der Waals surface area contributed by atoms with Crippen molar-refractivity contribution in [3.05, 3.63) is 90.0 Å². The van der Waals surface area contributed by atoms with Gasteiger partial charge in [0.25, 0.3) is 5.91 Å². The molecule has 0 spiro atoms. The summed E-state index contributed by atoms with van der Waals surface area (Å²) in [6, 6.07) is 24.9. The second-order valence-electron chi connectivity index (χ2n) is 6.41. The van der Waals surface area contributed by atoms with Crippen molar-refractivity contribution in [3.63, 3.8) is 0 Å². The number of rotatable bonds is 9. The van der Waals surface area contributed by atoms with E-state index in [9.17, 15) is 4.79 Å². The van der Waals surface area contributed by atoms with Crippen molar-refractivity contribution in [3.8, 4) is 11.5 Å². The van der Waals surface area contributed by atoms with Crippen LogP contribution in [0.3, 0.4) is 0 Å². The predicted molar refractivity (Wildman–Crippen MR) is 112 cm³/mol. The van der Waals surface area contributed by atoms with Gasteiger partial charge in [0, 0.05) is 12.1 Å². The molecule has 0 atom stereocenters. The highest BCUT2D eigenvalue weighted by Gasteiger charge is 2.12. The van der Waals surface area contributed by atoms with Crippen LogP contribution in [-0.2, 0) is 6.42 Å². The predicted octanol–water partition coefficient (Wildman–Crippen LogP) is 5.35. The first-order valence-electron chi connectivity index (χ1n) is 9.56. The Morgan fingerprint density at radius 1 is 0.821 bits per heavy atom. The summed E-state index contributed by atoms with van der Waals surface area (Å²) in [7, 11) is 0. The molecule has 3 rings (SSSR count). The molecule has 0 saturated carbocycles. The molecule has 0 aliphatic carbocycles. The molecule has 0 aliphatic rings. The lowest BCUT2D eigenvalue weighted by atomic mass is 10.1. The normalized spacial score (nSPS) is 10.3. The Morgan fingerprint density at radius 2 is 1.54 bits per heavy atom. The van der Waals surface area contributed by atoms with Crippen molar-refractivity contribution < 1.29 is 14.3 Å². The van der Waals surface area contributed by atoms with E-state index in [2.05, 4.69) is 17.4 Å². The fourth-order valence-electron chi connectivity index (χ4n) is 2.76. The van der Waals surface area contributed by atoms with E-state index in [1.807, 2.05) is 67.6 Å². The highest BCUT2D eigenvalue weighted by atomic mass is 16.5. The van der Waals surface area contributed by atoms with E-state index in [4.69, 9.17) is 9.47 Å². The van der Waals surface area contributed by atoms with Crippen LogP contribution in [0.2, 0.25) is 0 Å². The Hall–Kier alpha value is -3.27. The molecular formula is C24H25NO3. The SMILES string of the molecule is CCCOc1ccccc1C(=O)Nc1ccc(OCCc2ccccc2)cc1. The van der Waals surface area contributed by atoms with Crippen molar-refractivity contribution in [2.75, 3.05) is 18.5 Å². The van der Waals surface area contributed by atoms with E-state index in [0.717, 1.165) is 18.6 Å². The lowest BCUT2D eigenvalue weighted by Crippen LogP contribution is -2.13. The summed E-state index contributed by atoms with van der Waals surface area (Å²) in [6.07, 6.45) is 1.75. The van der Waals surface area contributed by atoms with Crippen LogP contribution in [0.1, 0.15) is 29.3 Å². The topological polar surface area (TPSA) is 47.6 Å². The van der Waals surface area contributed by atoms with E-state index in [1.165, 1.54) is 5.56 Å². The average molecular weight is 375 g/mol. The summed E-state index contributed by atoms with van der Waals surface area (Å²) in [4.78, 5) is 12.6. The number of anilines is 1. The monoisotopic (exact) mass is 375 g/mol. The van der Waals surface area contributed by atoms with Crippen LogP contribution in [0.15, 0.2) is 78.9 Å². The van der Waals surface area contributed by atoms with Crippen molar-refractivity contribution in [2.45, 2.75) is 19.8 Å². The molecular weight excluding hydrogens is 350 g/mol. The molecule has 0 fully saturated rings. The number of nitrogens with one attached hydrogen (secondary N) is 1. The van der Waals surface area contributed by atoms with Gasteiger partial charge in [-0.25, -0.2) is 0 Å². The molecule has 0 aromatic heterocycles. The number of amides is 1. The number of carbonyl (C=O) groups is 1. The Balaban J connectivity index is 1.54. The summed E-state index contributed by atoms with van der Waals surface area (Å²) in [5, 5.41) is 2.91. The van der Waals surface area contributed by atoms with Gasteiger partial charge in [0.2, 0.25) is 0 Å². The van der Waals surface area contributed by atoms with Crippen LogP contribution in [-0.4, -0.2) is 19.1 Å². The maximum atomic E-state index is 12.6. The molecule has 0 unspecified atom stereocenters. The van der Waals surface area contributed by atoms with Gasteiger partial charge in [0.1, 0.15) is 11.5 Å². The second-order valence-corrected chi connectivity index (χ2v) is 6.41. The Morgan fingerprint density at radius 3 is 2.29 bits per heavy atom. The maximum Gasteiger partial charge on any atom is 0.259 e. The van der Waals surface area contributed by atoms with Crippen LogP contribution in [0.25, 0.3) is 0 Å². The van der Waals surface area contributed by atoms with E-state index >= 15 is 0 Å². The minimum atomic E-state index is -0.190. The third kappa shape index (κ3) is 5.61. The average Bonchev–Trinajstić information content (AvgIpc) is 2.74. The molecule has 4 heteroatoms. The van der Waals surface area contributed by atoms with Gasteiger partial charge in [-0.15, -0.1) is 0 Å². The zero-order valence-electron chi connectivity index (χ0n) is 16.1. The van der Waals surface area contributed by atoms with Crippen molar-refractivity contribution >= 4 is 11.6 Å². The van der Waals surface area contributed by atoms with Gasteiger partial charge in [-0.05, 0) is 48.4 Å². The van der Waals surface area contributed by atoms with Crippen molar-refractivity contribution in [1.82, 2.24) is 0 Å². The third-order valence-corrected chi connectivity index (χ3v) is 4.21. The van der Waals surface area contributed by atoms with Crippen LogP contribution in [0.5, 0.6) is 11.5 Å². The van der Waals surface area contributed by atoms with Crippen LogP contribution < -0.4 is 14.8 Å². The van der Waals surface area contributed by atoms with Crippen molar-refractivity contribution in [1.29, 1.82) is 0 Å². The van der Waals surface area contributed by atoms with Gasteiger partial charge >= 0.3 is 0 Å². The maximum absolute atomic E-state index is 12.6. The minimum Gasteiger partial charge on any atom is -0.493 e. The number of carbonyl (C=O) groups excluding carboxylic acids is 1. The highest BCUT2D eigenvalue weighted by Crippen LogP contribution is 2.21. The Labute approximate surface area is 166 Å². The molecule has 144 valence electrons. The molecule has 4 nitrogen and oxygen atoms in total. The van der Waals surface area contributed by atoms with Crippen LogP contribution in [0.4, 0.5) is 5.69 Å². The number of para-hydroxylation sites is 1. The van der Waals surface area contributed by atoms with Gasteiger partial charge in [0.05, 0.1) is 18.8 Å². The summed E-state index contributed by atoms with van der Waals surface area (Å²) in [5.74, 6) is 1.19. The smallest absolute Gasteiger partial charge is 0.259 e. The third-order valence-electron chi connectivity index (χ3n) is 4.21. The molecule has 0 saturated heterocycles. The molecule has 0 heterocycles. The Bertz CT molecular complexity index is 876. The molecule has 3 aromatic carbocycles. The van der Waals surface area contributed by atoms with Crippen molar-refractivity contribution in [2.24, 2.45) is 0 Å². The number of benzene rings is 3. The molecule has 0 aliphatic heterocycles. The molecule has 0 bridgehead atoms. The summed E-state index contributed by atoms with van der Waals surface area (Å²) in [5.41, 5.74) is 2.49. The van der Waals surface area contributed by atoms with Gasteiger partial charge in [-0.1, -0.05) is 49.4 Å². The van der Waals surface area contributed by atoms with Gasteiger partial charge < -0.3 is 14.8 Å². The van der Waals surface area contributed by atoms with Crippen LogP contribution in [0, 0.1) is 0 Å². The standard InChI is InChI=1S/C24H25NO3/c1-2-17-28-23-11-7-6-10-22(23)24(26)25-20-12-14-21(15-13-20)27-18-16-19-8-4-3-5-9-19/h3-15H,2,16-18H2,1H3,(H,25,26). The summed E-state index contributed by atoms with van der Waals surface area (Å²) >= 11 is 0. The quantitative estimate of drug-likeness (QED) is 0.548. The van der Waals surface area contributed by atoms with Gasteiger partial charge in [-0.3, -0.25) is 4.79 Å².